The van der Waals surface area contributed by atoms with E-state index in [9.17, 15) is 14.0 Å². The van der Waals surface area contributed by atoms with Crippen molar-refractivity contribution in [2.75, 3.05) is 19.8 Å². The Hall–Kier alpha value is -1.37. The van der Waals surface area contributed by atoms with E-state index in [1.807, 2.05) is 0 Å². The third-order valence-electron chi connectivity index (χ3n) is 2.39. The van der Waals surface area contributed by atoms with Gasteiger partial charge in [-0.2, -0.15) is 0 Å². The first kappa shape index (κ1) is 18.7. The van der Waals surface area contributed by atoms with Crippen LogP contribution in [0.15, 0.2) is 18.0 Å². The summed E-state index contributed by atoms with van der Waals surface area (Å²) in [5.41, 5.74) is -0.463. The van der Waals surface area contributed by atoms with Gasteiger partial charge in [-0.05, 0) is 6.92 Å². The molecule has 0 aromatic carbocycles. The molecule has 0 fully saturated rings. The van der Waals surface area contributed by atoms with Crippen LogP contribution in [0.25, 0.3) is 0 Å². The number of halogens is 4. The number of nitrogens with one attached hydrogen (secondary N) is 1. The Kier molecular flexibility index (Phi) is 7.58. The highest BCUT2D eigenvalue weighted by Gasteiger charge is 2.25. The number of aromatic nitrogens is 1. The molecule has 0 amide bonds. The zero-order chi connectivity index (χ0) is 16.7. The lowest BCUT2D eigenvalue weighted by Gasteiger charge is -2.09. The Bertz CT molecular complexity index is 608. The van der Waals surface area contributed by atoms with E-state index in [0.29, 0.717) is 0 Å². The number of ketones is 1. The van der Waals surface area contributed by atoms with Gasteiger partial charge in [-0.25, -0.2) is 14.2 Å². The molecule has 0 radical (unpaired) electrons. The van der Waals surface area contributed by atoms with Gasteiger partial charge in [0.05, 0.1) is 22.2 Å². The maximum atomic E-state index is 12.4. The lowest BCUT2D eigenvalue weighted by molar-refractivity contribution is -0.138. The minimum atomic E-state index is -0.874. The minimum Gasteiger partial charge on any atom is -0.462 e. The van der Waals surface area contributed by atoms with Crippen molar-refractivity contribution in [3.8, 4) is 0 Å². The van der Waals surface area contributed by atoms with Crippen LogP contribution >= 0.6 is 34.8 Å². The van der Waals surface area contributed by atoms with Crippen LogP contribution in [0.5, 0.6) is 0 Å². The Morgan fingerprint density at radius 3 is 2.64 bits per heavy atom. The molecule has 120 valence electrons. The number of carbonyl (C=O) groups is 2. The average Bonchev–Trinajstić information content (AvgIpc) is 2.49. The molecule has 0 atom stereocenters. The zero-order valence-corrected chi connectivity index (χ0v) is 13.7. The summed E-state index contributed by atoms with van der Waals surface area (Å²) in [5, 5.41) is 2.19. The number of esters is 1. The molecule has 0 saturated carbocycles. The molecule has 0 unspecified atom stereocenters. The molecular weight excluding hydrogens is 358 g/mol. The number of rotatable bonds is 7. The number of nitrogens with zero attached hydrogens (tertiary/aromatic N) is 1. The smallest absolute Gasteiger partial charge is 0.343 e. The molecule has 0 saturated heterocycles. The molecule has 0 bridgehead atoms. The van der Waals surface area contributed by atoms with Gasteiger partial charge < -0.3 is 10.1 Å². The molecule has 1 rings (SSSR count). The van der Waals surface area contributed by atoms with Crippen LogP contribution in [0.3, 0.4) is 0 Å². The van der Waals surface area contributed by atoms with Gasteiger partial charge in [-0.15, -0.1) is 0 Å². The van der Waals surface area contributed by atoms with Crippen molar-refractivity contribution in [2.24, 2.45) is 0 Å². The monoisotopic (exact) mass is 368 g/mol. The number of Topliss-reactive ketones (excluding diaryl/α,β-unsaturated/α-hetero) is 1. The summed E-state index contributed by atoms with van der Waals surface area (Å²) >= 11 is 17.4. The van der Waals surface area contributed by atoms with E-state index in [-0.39, 0.29) is 39.5 Å². The molecule has 0 aliphatic heterocycles. The summed E-state index contributed by atoms with van der Waals surface area (Å²) in [7, 11) is 0. The van der Waals surface area contributed by atoms with Gasteiger partial charge in [-0.3, -0.25) is 4.79 Å². The standard InChI is InChI=1S/C13H12Cl3FN2O3/c1-2-22-13(21)8(5-18-4-3-17)11(20)7-6-19-12(16)10(15)9(7)14/h5-6,18H,2-4H2,1H3. The molecule has 1 heterocycles. The van der Waals surface area contributed by atoms with Gasteiger partial charge >= 0.3 is 5.97 Å². The number of pyridine rings is 1. The van der Waals surface area contributed by atoms with E-state index in [4.69, 9.17) is 39.5 Å². The number of alkyl halides is 1. The minimum absolute atomic E-state index is 0.0659. The topological polar surface area (TPSA) is 68.3 Å². The van der Waals surface area contributed by atoms with E-state index in [0.717, 1.165) is 12.4 Å². The van der Waals surface area contributed by atoms with Gasteiger partial charge in [0.15, 0.2) is 0 Å². The SMILES string of the molecule is CCOC(=O)C(=CNCCF)C(=O)c1cnc(Cl)c(Cl)c1Cl. The van der Waals surface area contributed by atoms with Gasteiger partial charge in [0.25, 0.3) is 0 Å². The molecule has 1 aromatic heterocycles. The largest absolute Gasteiger partial charge is 0.462 e. The average molecular weight is 370 g/mol. The van der Waals surface area contributed by atoms with Crippen LogP contribution in [-0.2, 0) is 9.53 Å². The van der Waals surface area contributed by atoms with Crippen LogP contribution in [-0.4, -0.2) is 36.6 Å². The normalized spacial score (nSPS) is 11.2. The van der Waals surface area contributed by atoms with Gasteiger partial charge in [0, 0.05) is 18.9 Å². The second-order valence-electron chi connectivity index (χ2n) is 3.84. The first-order chi connectivity index (χ1) is 10.4. The summed E-state index contributed by atoms with van der Waals surface area (Å²) < 4.78 is 16.9. The first-order valence-corrected chi connectivity index (χ1v) is 7.28. The Morgan fingerprint density at radius 2 is 2.05 bits per heavy atom. The molecule has 1 aromatic rings. The van der Waals surface area contributed by atoms with E-state index >= 15 is 0 Å². The Labute approximate surface area is 141 Å². The second-order valence-corrected chi connectivity index (χ2v) is 4.96. The predicted molar refractivity (Wildman–Crippen MR) is 82.3 cm³/mol. The van der Waals surface area contributed by atoms with Crippen LogP contribution in [0.4, 0.5) is 4.39 Å². The van der Waals surface area contributed by atoms with E-state index in [1.165, 1.54) is 0 Å². The first-order valence-electron chi connectivity index (χ1n) is 6.14. The van der Waals surface area contributed by atoms with E-state index < -0.39 is 18.4 Å². The number of ether oxygens (including phenoxy) is 1. The fourth-order valence-corrected chi connectivity index (χ4v) is 1.97. The number of carbonyl (C=O) groups excluding carboxylic acids is 2. The number of hydrogen-bond acceptors (Lipinski definition) is 5. The van der Waals surface area contributed by atoms with Crippen molar-refractivity contribution in [3.63, 3.8) is 0 Å². The van der Waals surface area contributed by atoms with Crippen molar-refractivity contribution in [2.45, 2.75) is 6.92 Å². The molecule has 9 heteroatoms. The third-order valence-corrected chi connectivity index (χ3v) is 3.63. The van der Waals surface area contributed by atoms with Gasteiger partial charge in [0.2, 0.25) is 5.78 Å². The molecule has 22 heavy (non-hydrogen) atoms. The van der Waals surface area contributed by atoms with Gasteiger partial charge in [0.1, 0.15) is 17.4 Å². The van der Waals surface area contributed by atoms with Crippen molar-refractivity contribution >= 4 is 46.6 Å². The summed E-state index contributed by atoms with van der Waals surface area (Å²) in [6.45, 7) is 0.919. The fourth-order valence-electron chi connectivity index (χ4n) is 1.40. The van der Waals surface area contributed by atoms with Crippen molar-refractivity contribution in [1.29, 1.82) is 0 Å². The summed E-state index contributed by atoms with van der Waals surface area (Å²) in [6, 6.07) is 0. The second kappa shape index (κ2) is 8.92. The van der Waals surface area contributed by atoms with Crippen LogP contribution in [0, 0.1) is 0 Å². The summed E-state index contributed by atoms with van der Waals surface area (Å²) in [6.07, 6.45) is 2.17. The lowest BCUT2D eigenvalue weighted by atomic mass is 10.1. The molecule has 0 aliphatic rings. The predicted octanol–water partition coefficient (Wildman–Crippen LogP) is 3.23. The fraction of sp³-hybridized carbons (Fsp3) is 0.308. The number of hydrogen-bond donors (Lipinski definition) is 1. The quantitative estimate of drug-likeness (QED) is 0.152. The molecule has 0 spiro atoms. The highest BCUT2D eigenvalue weighted by atomic mass is 35.5. The van der Waals surface area contributed by atoms with Crippen LogP contribution in [0.1, 0.15) is 17.3 Å². The molecule has 5 nitrogen and oxygen atoms in total. The maximum Gasteiger partial charge on any atom is 0.343 e. The van der Waals surface area contributed by atoms with E-state index in [1.54, 1.807) is 6.92 Å². The molecule has 0 aliphatic carbocycles. The van der Waals surface area contributed by atoms with Gasteiger partial charge in [-0.1, -0.05) is 34.8 Å². The summed E-state index contributed by atoms with van der Waals surface area (Å²) in [4.78, 5) is 28.0. The maximum absolute atomic E-state index is 12.4. The zero-order valence-electron chi connectivity index (χ0n) is 11.5. The van der Waals surface area contributed by atoms with Crippen LogP contribution < -0.4 is 5.32 Å². The van der Waals surface area contributed by atoms with Crippen molar-refractivity contribution in [1.82, 2.24) is 10.3 Å². The molecular formula is C13H12Cl3FN2O3. The highest BCUT2D eigenvalue weighted by Crippen LogP contribution is 2.32. The Morgan fingerprint density at radius 1 is 1.36 bits per heavy atom. The third kappa shape index (κ3) is 4.56. The Balaban J connectivity index is 3.19. The summed E-state index contributed by atoms with van der Waals surface area (Å²) in [5.74, 6) is -1.64. The molecule has 1 N–H and O–H groups in total. The van der Waals surface area contributed by atoms with E-state index in [2.05, 4.69) is 10.3 Å². The van der Waals surface area contributed by atoms with Crippen LogP contribution in [0.2, 0.25) is 15.2 Å². The highest BCUT2D eigenvalue weighted by molar-refractivity contribution is 6.49. The van der Waals surface area contributed by atoms with Crippen molar-refractivity contribution < 1.29 is 18.7 Å². The van der Waals surface area contributed by atoms with Crippen molar-refractivity contribution in [3.05, 3.63) is 38.7 Å². The lowest BCUT2D eigenvalue weighted by Crippen LogP contribution is -2.21.